The summed E-state index contributed by atoms with van der Waals surface area (Å²) in [6.45, 7) is 3.74. The molecule has 2 aliphatic heterocycles. The van der Waals surface area contributed by atoms with Gasteiger partial charge in [-0.15, -0.1) is 0 Å². The lowest BCUT2D eigenvalue weighted by Gasteiger charge is -1.93. The van der Waals surface area contributed by atoms with Crippen molar-refractivity contribution in [3.63, 3.8) is 0 Å². The normalized spacial score (nSPS) is 22.5. The summed E-state index contributed by atoms with van der Waals surface area (Å²) in [4.78, 5) is 4.22. The minimum atomic E-state index is 0.816. The SMILES string of the molecule is CC1=CC2=C(C=NC1)OCC2. The van der Waals surface area contributed by atoms with Crippen molar-refractivity contribution >= 4 is 6.21 Å². The Morgan fingerprint density at radius 2 is 2.45 bits per heavy atom. The van der Waals surface area contributed by atoms with E-state index in [1.165, 1.54) is 11.1 Å². The van der Waals surface area contributed by atoms with Crippen LogP contribution in [-0.4, -0.2) is 19.4 Å². The maximum Gasteiger partial charge on any atom is 0.140 e. The summed E-state index contributed by atoms with van der Waals surface area (Å²) in [5.74, 6) is 0.974. The van der Waals surface area contributed by atoms with Crippen LogP contribution in [0.5, 0.6) is 0 Å². The highest BCUT2D eigenvalue weighted by Crippen LogP contribution is 2.21. The molecule has 0 unspecified atom stereocenters. The Hall–Kier alpha value is -1.05. The van der Waals surface area contributed by atoms with E-state index >= 15 is 0 Å². The van der Waals surface area contributed by atoms with Crippen molar-refractivity contribution in [3.05, 3.63) is 23.0 Å². The number of aliphatic imine (C=N–C) groups is 1. The summed E-state index contributed by atoms with van der Waals surface area (Å²) < 4.78 is 5.37. The van der Waals surface area contributed by atoms with Crippen LogP contribution in [0.25, 0.3) is 0 Å². The number of ether oxygens (including phenoxy) is 1. The van der Waals surface area contributed by atoms with Crippen LogP contribution in [0.15, 0.2) is 28.0 Å². The Kier molecular flexibility index (Phi) is 1.53. The molecule has 2 aliphatic rings. The molecule has 0 radical (unpaired) electrons. The molecule has 0 saturated heterocycles. The molecule has 58 valence electrons. The van der Waals surface area contributed by atoms with Gasteiger partial charge < -0.3 is 4.74 Å². The maximum atomic E-state index is 5.37. The summed E-state index contributed by atoms with van der Waals surface area (Å²) >= 11 is 0. The fraction of sp³-hybridized carbons (Fsp3) is 0.444. The van der Waals surface area contributed by atoms with Crippen molar-refractivity contribution in [2.45, 2.75) is 13.3 Å². The van der Waals surface area contributed by atoms with E-state index < -0.39 is 0 Å². The van der Waals surface area contributed by atoms with E-state index in [2.05, 4.69) is 18.0 Å². The van der Waals surface area contributed by atoms with Crippen molar-refractivity contribution in [3.8, 4) is 0 Å². The number of rotatable bonds is 0. The summed E-state index contributed by atoms with van der Waals surface area (Å²) in [5, 5.41) is 0. The molecule has 0 aromatic heterocycles. The largest absolute Gasteiger partial charge is 0.491 e. The first-order chi connectivity index (χ1) is 5.36. The minimum absolute atomic E-state index is 0.816. The summed E-state index contributed by atoms with van der Waals surface area (Å²) in [5.41, 5.74) is 2.63. The van der Waals surface area contributed by atoms with Crippen LogP contribution in [0.4, 0.5) is 0 Å². The van der Waals surface area contributed by atoms with Crippen LogP contribution in [0, 0.1) is 0 Å². The fourth-order valence-corrected chi connectivity index (χ4v) is 1.37. The van der Waals surface area contributed by atoms with Gasteiger partial charge in [0.2, 0.25) is 0 Å². The first-order valence-electron chi connectivity index (χ1n) is 3.89. The van der Waals surface area contributed by atoms with Crippen molar-refractivity contribution in [2.75, 3.05) is 13.2 Å². The molecular formula is C9H11NO. The lowest BCUT2D eigenvalue weighted by atomic mass is 10.1. The number of hydrogen-bond donors (Lipinski definition) is 0. The molecule has 0 spiro atoms. The van der Waals surface area contributed by atoms with E-state index in [0.717, 1.165) is 25.3 Å². The second kappa shape index (κ2) is 2.53. The molecule has 0 atom stereocenters. The summed E-state index contributed by atoms with van der Waals surface area (Å²) in [7, 11) is 0. The number of nitrogens with zero attached hydrogens (tertiary/aromatic N) is 1. The third-order valence-corrected chi connectivity index (χ3v) is 1.92. The molecular weight excluding hydrogens is 138 g/mol. The van der Waals surface area contributed by atoms with Crippen molar-refractivity contribution < 1.29 is 4.74 Å². The van der Waals surface area contributed by atoms with E-state index in [-0.39, 0.29) is 0 Å². The average molecular weight is 149 g/mol. The van der Waals surface area contributed by atoms with Gasteiger partial charge >= 0.3 is 0 Å². The molecule has 0 amide bonds. The summed E-state index contributed by atoms with van der Waals surface area (Å²) in [6, 6.07) is 0. The lowest BCUT2D eigenvalue weighted by Crippen LogP contribution is -1.87. The molecule has 0 aromatic rings. The second-order valence-electron chi connectivity index (χ2n) is 2.95. The van der Waals surface area contributed by atoms with Crippen LogP contribution >= 0.6 is 0 Å². The zero-order chi connectivity index (χ0) is 7.68. The first-order valence-corrected chi connectivity index (χ1v) is 3.89. The van der Waals surface area contributed by atoms with Gasteiger partial charge in [0.15, 0.2) is 0 Å². The topological polar surface area (TPSA) is 21.6 Å². The molecule has 2 nitrogen and oxygen atoms in total. The first kappa shape index (κ1) is 6.65. The van der Waals surface area contributed by atoms with Gasteiger partial charge in [0.25, 0.3) is 0 Å². The minimum Gasteiger partial charge on any atom is -0.491 e. The number of allylic oxidation sites excluding steroid dienone is 2. The third-order valence-electron chi connectivity index (χ3n) is 1.92. The van der Waals surface area contributed by atoms with Gasteiger partial charge in [0.1, 0.15) is 5.76 Å². The zero-order valence-corrected chi connectivity index (χ0v) is 6.63. The Bertz CT molecular complexity index is 261. The van der Waals surface area contributed by atoms with E-state index in [1.807, 2.05) is 6.21 Å². The number of hydrogen-bond acceptors (Lipinski definition) is 2. The van der Waals surface area contributed by atoms with Gasteiger partial charge in [0, 0.05) is 6.42 Å². The highest BCUT2D eigenvalue weighted by molar-refractivity contribution is 5.79. The van der Waals surface area contributed by atoms with Gasteiger partial charge in [-0.25, -0.2) is 0 Å². The molecule has 0 aromatic carbocycles. The Morgan fingerprint density at radius 1 is 1.55 bits per heavy atom. The molecule has 2 rings (SSSR count). The van der Waals surface area contributed by atoms with Gasteiger partial charge in [-0.3, -0.25) is 4.99 Å². The van der Waals surface area contributed by atoms with Crippen molar-refractivity contribution in [2.24, 2.45) is 4.99 Å². The van der Waals surface area contributed by atoms with Crippen molar-refractivity contribution in [1.82, 2.24) is 0 Å². The molecule has 0 N–H and O–H groups in total. The third kappa shape index (κ3) is 1.20. The van der Waals surface area contributed by atoms with Gasteiger partial charge in [-0.1, -0.05) is 11.6 Å². The lowest BCUT2D eigenvalue weighted by molar-refractivity contribution is 0.265. The van der Waals surface area contributed by atoms with E-state index in [1.54, 1.807) is 0 Å². The quantitative estimate of drug-likeness (QED) is 0.513. The Balaban J connectivity index is 2.36. The van der Waals surface area contributed by atoms with Gasteiger partial charge in [-0.2, -0.15) is 0 Å². The van der Waals surface area contributed by atoms with E-state index in [0.29, 0.717) is 0 Å². The molecule has 2 heterocycles. The molecule has 0 bridgehead atoms. The smallest absolute Gasteiger partial charge is 0.140 e. The fourth-order valence-electron chi connectivity index (χ4n) is 1.37. The standard InChI is InChI=1S/C9H11NO/c1-7-4-8-2-3-11-9(8)6-10-5-7/h4,6H,2-3,5H2,1H3. The molecule has 0 fully saturated rings. The van der Waals surface area contributed by atoms with E-state index in [9.17, 15) is 0 Å². The van der Waals surface area contributed by atoms with Crippen LogP contribution < -0.4 is 0 Å². The zero-order valence-electron chi connectivity index (χ0n) is 6.63. The van der Waals surface area contributed by atoms with Crippen LogP contribution in [0.1, 0.15) is 13.3 Å². The van der Waals surface area contributed by atoms with E-state index in [4.69, 9.17) is 4.74 Å². The molecule has 0 saturated carbocycles. The average Bonchev–Trinajstić information content (AvgIpc) is 2.31. The molecule has 0 aliphatic carbocycles. The van der Waals surface area contributed by atoms with Crippen LogP contribution in [-0.2, 0) is 4.74 Å². The predicted molar refractivity (Wildman–Crippen MR) is 44.7 cm³/mol. The van der Waals surface area contributed by atoms with Crippen LogP contribution in [0.2, 0.25) is 0 Å². The van der Waals surface area contributed by atoms with Gasteiger partial charge in [0.05, 0.1) is 19.4 Å². The highest BCUT2D eigenvalue weighted by atomic mass is 16.5. The monoisotopic (exact) mass is 149 g/mol. The highest BCUT2D eigenvalue weighted by Gasteiger charge is 2.13. The predicted octanol–water partition coefficient (Wildman–Crippen LogP) is 1.69. The Morgan fingerprint density at radius 3 is 3.36 bits per heavy atom. The summed E-state index contributed by atoms with van der Waals surface area (Å²) in [6.07, 6.45) is 5.07. The second-order valence-corrected chi connectivity index (χ2v) is 2.95. The Labute approximate surface area is 66.3 Å². The van der Waals surface area contributed by atoms with Gasteiger partial charge in [-0.05, 0) is 12.5 Å². The maximum absolute atomic E-state index is 5.37. The molecule has 2 heteroatoms. The van der Waals surface area contributed by atoms with Crippen molar-refractivity contribution in [1.29, 1.82) is 0 Å². The van der Waals surface area contributed by atoms with Crippen LogP contribution in [0.3, 0.4) is 0 Å². The molecule has 11 heavy (non-hydrogen) atoms.